The molecule has 0 aliphatic heterocycles. The van der Waals surface area contributed by atoms with E-state index in [9.17, 15) is 5.11 Å². The lowest BCUT2D eigenvalue weighted by molar-refractivity contribution is 0.208. The van der Waals surface area contributed by atoms with Gasteiger partial charge in [0.2, 0.25) is 5.95 Å². The molecule has 0 amide bonds. The average molecular weight is 470 g/mol. The number of rotatable bonds is 8. The number of fused-ring (bicyclic) bond motifs is 1. The maximum atomic E-state index is 15.2. The predicted molar refractivity (Wildman–Crippen MR) is 123 cm³/mol. The zero-order valence-electron chi connectivity index (χ0n) is 19.1. The van der Waals surface area contributed by atoms with Crippen molar-refractivity contribution in [2.75, 3.05) is 33.6 Å². The number of aromatic nitrogens is 4. The number of benzene rings is 2. The van der Waals surface area contributed by atoms with Gasteiger partial charge in [0.1, 0.15) is 0 Å². The molecule has 1 unspecified atom stereocenters. The topological polar surface area (TPSA) is 108 Å². The van der Waals surface area contributed by atoms with Crippen LogP contribution in [0, 0.1) is 11.6 Å². The minimum absolute atomic E-state index is 0.137. The minimum Gasteiger partial charge on any atom is -0.494 e. The van der Waals surface area contributed by atoms with E-state index in [1.54, 1.807) is 6.20 Å². The molecule has 4 rings (SSSR count). The first kappa shape index (κ1) is 23.3. The Morgan fingerprint density at radius 3 is 2.32 bits per heavy atom. The van der Waals surface area contributed by atoms with Crippen molar-refractivity contribution >= 4 is 17.0 Å². The lowest BCUT2D eigenvalue weighted by Crippen LogP contribution is -2.13. The molecule has 34 heavy (non-hydrogen) atoms. The third-order valence-electron chi connectivity index (χ3n) is 5.18. The van der Waals surface area contributed by atoms with E-state index in [0.29, 0.717) is 18.1 Å². The summed E-state index contributed by atoms with van der Waals surface area (Å²) in [4.78, 5) is 17.9. The molecule has 0 saturated carbocycles. The SMILES string of the molecule is COc1cc(OC)c(F)c(-c2ccc(C(O)Nc3nc(CN(C)C)c[nH]3)c3nccnc23)c1F. The minimum atomic E-state index is -1.22. The number of hydrogen-bond donors (Lipinski definition) is 3. The first-order chi connectivity index (χ1) is 16.3. The molecule has 2 aromatic carbocycles. The van der Waals surface area contributed by atoms with E-state index in [2.05, 4.69) is 25.3 Å². The number of anilines is 1. The molecule has 0 radical (unpaired) electrons. The summed E-state index contributed by atoms with van der Waals surface area (Å²) in [5.74, 6) is -1.80. The standard InChI is InChI=1S/C23H24F2N6O3/c1-31(2)11-12-10-28-23(29-12)30-22(32)14-6-5-13(20-21(14)27-8-7-26-20)17-18(24)15(33-3)9-16(34-4)19(17)25/h5-10,22,32H,11H2,1-4H3,(H2,28,29,30). The Bertz CT molecular complexity index is 1300. The van der Waals surface area contributed by atoms with Crippen LogP contribution in [0.25, 0.3) is 22.2 Å². The predicted octanol–water partition coefficient (Wildman–Crippen LogP) is 3.48. The Kier molecular flexibility index (Phi) is 6.57. The molecule has 178 valence electrons. The van der Waals surface area contributed by atoms with E-state index in [4.69, 9.17) is 9.47 Å². The highest BCUT2D eigenvalue weighted by atomic mass is 19.1. The Morgan fingerprint density at radius 1 is 1.06 bits per heavy atom. The number of ether oxygens (including phenoxy) is 2. The van der Waals surface area contributed by atoms with Crippen LogP contribution in [-0.2, 0) is 6.54 Å². The van der Waals surface area contributed by atoms with Crippen LogP contribution < -0.4 is 14.8 Å². The summed E-state index contributed by atoms with van der Waals surface area (Å²) >= 11 is 0. The maximum Gasteiger partial charge on any atom is 0.202 e. The summed E-state index contributed by atoms with van der Waals surface area (Å²) in [6, 6.07) is 4.13. The molecule has 0 saturated heterocycles. The summed E-state index contributed by atoms with van der Waals surface area (Å²) < 4.78 is 40.4. The van der Waals surface area contributed by atoms with Gasteiger partial charge in [-0.1, -0.05) is 12.1 Å². The van der Waals surface area contributed by atoms with E-state index in [-0.39, 0.29) is 33.7 Å². The van der Waals surface area contributed by atoms with Gasteiger partial charge in [-0.25, -0.2) is 13.8 Å². The molecule has 0 aliphatic rings. The fourth-order valence-electron chi connectivity index (χ4n) is 3.67. The molecule has 0 fully saturated rings. The summed E-state index contributed by atoms with van der Waals surface area (Å²) in [5, 5.41) is 13.7. The first-order valence-electron chi connectivity index (χ1n) is 10.3. The van der Waals surface area contributed by atoms with Gasteiger partial charge in [0.05, 0.1) is 36.5 Å². The van der Waals surface area contributed by atoms with Gasteiger partial charge in [-0.15, -0.1) is 0 Å². The molecule has 2 aromatic heterocycles. The highest BCUT2D eigenvalue weighted by molar-refractivity contribution is 5.94. The number of halogens is 2. The number of aliphatic hydroxyl groups is 1. The largest absolute Gasteiger partial charge is 0.494 e. The Morgan fingerprint density at radius 2 is 1.71 bits per heavy atom. The van der Waals surface area contributed by atoms with E-state index in [0.717, 1.165) is 11.8 Å². The first-order valence-corrected chi connectivity index (χ1v) is 10.3. The summed E-state index contributed by atoms with van der Waals surface area (Å²) in [6.45, 7) is 0.624. The fourth-order valence-corrected chi connectivity index (χ4v) is 3.67. The number of H-pyrrole nitrogens is 1. The number of aromatic amines is 1. The van der Waals surface area contributed by atoms with Gasteiger partial charge >= 0.3 is 0 Å². The van der Waals surface area contributed by atoms with Gasteiger partial charge in [-0.2, -0.15) is 0 Å². The second-order valence-electron chi connectivity index (χ2n) is 7.77. The van der Waals surface area contributed by atoms with Crippen LogP contribution >= 0.6 is 0 Å². The number of nitrogens with one attached hydrogen (secondary N) is 2. The summed E-state index contributed by atoms with van der Waals surface area (Å²) in [5.41, 5.74) is 1.38. The van der Waals surface area contributed by atoms with Crippen LogP contribution in [0.4, 0.5) is 14.7 Å². The lowest BCUT2D eigenvalue weighted by Gasteiger charge is -2.17. The Labute approximate surface area is 194 Å². The zero-order valence-corrected chi connectivity index (χ0v) is 19.1. The van der Waals surface area contributed by atoms with Crippen molar-refractivity contribution in [1.82, 2.24) is 24.8 Å². The molecular weight excluding hydrogens is 446 g/mol. The van der Waals surface area contributed by atoms with Crippen LogP contribution in [-0.4, -0.2) is 58.3 Å². The normalized spacial score (nSPS) is 12.2. The van der Waals surface area contributed by atoms with E-state index >= 15 is 8.78 Å². The van der Waals surface area contributed by atoms with Crippen LogP contribution in [0.1, 0.15) is 17.5 Å². The van der Waals surface area contributed by atoms with Crippen LogP contribution in [0.5, 0.6) is 11.5 Å². The van der Waals surface area contributed by atoms with Gasteiger partial charge in [0.15, 0.2) is 29.4 Å². The third-order valence-corrected chi connectivity index (χ3v) is 5.18. The van der Waals surface area contributed by atoms with Crippen molar-refractivity contribution in [2.45, 2.75) is 12.8 Å². The molecule has 11 heteroatoms. The van der Waals surface area contributed by atoms with Gasteiger partial charge in [0, 0.05) is 42.3 Å². The highest BCUT2D eigenvalue weighted by Crippen LogP contribution is 2.40. The van der Waals surface area contributed by atoms with Crippen molar-refractivity contribution in [1.29, 1.82) is 0 Å². The smallest absolute Gasteiger partial charge is 0.202 e. The van der Waals surface area contributed by atoms with Crippen molar-refractivity contribution in [2.24, 2.45) is 0 Å². The highest BCUT2D eigenvalue weighted by Gasteiger charge is 2.25. The molecule has 0 aliphatic carbocycles. The third kappa shape index (κ3) is 4.35. The quantitative estimate of drug-likeness (QED) is 0.336. The molecule has 0 bridgehead atoms. The van der Waals surface area contributed by atoms with E-state index < -0.39 is 17.9 Å². The lowest BCUT2D eigenvalue weighted by atomic mass is 9.98. The van der Waals surface area contributed by atoms with Gasteiger partial charge in [-0.05, 0) is 14.1 Å². The molecule has 1 atom stereocenters. The van der Waals surface area contributed by atoms with E-state index in [1.807, 2.05) is 19.0 Å². The molecule has 2 heterocycles. The van der Waals surface area contributed by atoms with Crippen molar-refractivity contribution < 1.29 is 23.4 Å². The molecule has 3 N–H and O–H groups in total. The van der Waals surface area contributed by atoms with E-state index in [1.165, 1.54) is 38.7 Å². The number of methoxy groups -OCH3 is 2. The molecule has 9 nitrogen and oxygen atoms in total. The molecular formula is C23H24F2N6O3. The van der Waals surface area contributed by atoms with Crippen LogP contribution in [0.3, 0.4) is 0 Å². The second-order valence-corrected chi connectivity index (χ2v) is 7.77. The van der Waals surface area contributed by atoms with Gasteiger partial charge in [0.25, 0.3) is 0 Å². The fraction of sp³-hybridized carbons (Fsp3) is 0.261. The van der Waals surface area contributed by atoms with Gasteiger partial charge in [-0.3, -0.25) is 9.97 Å². The van der Waals surface area contributed by atoms with Crippen molar-refractivity contribution in [3.63, 3.8) is 0 Å². The monoisotopic (exact) mass is 470 g/mol. The Hall–Kier alpha value is -3.83. The summed E-state index contributed by atoms with van der Waals surface area (Å²) in [7, 11) is 6.40. The average Bonchev–Trinajstić information content (AvgIpc) is 3.25. The zero-order chi connectivity index (χ0) is 24.4. The number of aliphatic hydroxyl groups excluding tert-OH is 1. The van der Waals surface area contributed by atoms with Gasteiger partial charge < -0.3 is 29.8 Å². The van der Waals surface area contributed by atoms with Crippen LogP contribution in [0.2, 0.25) is 0 Å². The number of imidazole rings is 1. The maximum absolute atomic E-state index is 15.2. The number of nitrogens with zero attached hydrogens (tertiary/aromatic N) is 4. The molecule has 0 spiro atoms. The Balaban J connectivity index is 1.78. The van der Waals surface area contributed by atoms with Crippen LogP contribution in [0.15, 0.2) is 36.8 Å². The molecule has 4 aromatic rings. The van der Waals surface area contributed by atoms with Crippen molar-refractivity contribution in [3.8, 4) is 22.6 Å². The van der Waals surface area contributed by atoms with Crippen molar-refractivity contribution in [3.05, 3.63) is 59.7 Å². The number of hydrogen-bond acceptors (Lipinski definition) is 8. The summed E-state index contributed by atoms with van der Waals surface area (Å²) in [6.07, 6.45) is 3.35. The second kappa shape index (κ2) is 9.57.